The summed E-state index contributed by atoms with van der Waals surface area (Å²) in [6.45, 7) is 8.95. The molecule has 1 fully saturated rings. The summed E-state index contributed by atoms with van der Waals surface area (Å²) in [6.07, 6.45) is 4.42. The Balaban J connectivity index is 2.03. The Hall–Kier alpha value is -0.610. The SMILES string of the molecule is CC(N)c1cnc(N2CCC(C)(C)CC2)s1. The number of thiazole rings is 1. The average molecular weight is 239 g/mol. The maximum absolute atomic E-state index is 5.85. The Morgan fingerprint density at radius 3 is 2.56 bits per heavy atom. The molecule has 1 aliphatic heterocycles. The third kappa shape index (κ3) is 2.55. The maximum atomic E-state index is 5.85. The molecule has 0 saturated carbocycles. The van der Waals surface area contributed by atoms with E-state index in [9.17, 15) is 0 Å². The molecule has 0 spiro atoms. The van der Waals surface area contributed by atoms with Gasteiger partial charge in [0.15, 0.2) is 5.13 Å². The molecule has 0 radical (unpaired) electrons. The Kier molecular flexibility index (Phi) is 3.22. The predicted molar refractivity (Wildman–Crippen MR) is 69.9 cm³/mol. The number of nitrogens with two attached hydrogens (primary N) is 1. The highest BCUT2D eigenvalue weighted by Gasteiger charge is 2.26. The molecule has 2 heterocycles. The summed E-state index contributed by atoms with van der Waals surface area (Å²) >= 11 is 1.74. The molecule has 1 atom stereocenters. The van der Waals surface area contributed by atoms with Gasteiger partial charge in [0.1, 0.15) is 0 Å². The van der Waals surface area contributed by atoms with Gasteiger partial charge in [-0.25, -0.2) is 4.98 Å². The van der Waals surface area contributed by atoms with Crippen LogP contribution in [0.4, 0.5) is 5.13 Å². The summed E-state index contributed by atoms with van der Waals surface area (Å²) in [5.41, 5.74) is 6.35. The second kappa shape index (κ2) is 4.34. The van der Waals surface area contributed by atoms with E-state index < -0.39 is 0 Å². The first kappa shape index (κ1) is 11.9. The second-order valence-electron chi connectivity index (χ2n) is 5.49. The highest BCUT2D eigenvalue weighted by Crippen LogP contribution is 2.34. The average Bonchev–Trinajstić information content (AvgIpc) is 2.66. The van der Waals surface area contributed by atoms with Gasteiger partial charge in [0.05, 0.1) is 0 Å². The lowest BCUT2D eigenvalue weighted by Gasteiger charge is -2.36. The molecule has 90 valence electrons. The van der Waals surface area contributed by atoms with Crippen LogP contribution in [0.3, 0.4) is 0 Å². The summed E-state index contributed by atoms with van der Waals surface area (Å²) in [5, 5.41) is 1.14. The zero-order valence-electron chi connectivity index (χ0n) is 10.4. The smallest absolute Gasteiger partial charge is 0.185 e. The van der Waals surface area contributed by atoms with Crippen molar-refractivity contribution in [2.75, 3.05) is 18.0 Å². The molecule has 4 heteroatoms. The van der Waals surface area contributed by atoms with Crippen molar-refractivity contribution < 1.29 is 0 Å². The lowest BCUT2D eigenvalue weighted by molar-refractivity contribution is 0.280. The lowest BCUT2D eigenvalue weighted by Crippen LogP contribution is -2.37. The van der Waals surface area contributed by atoms with Crippen LogP contribution in [-0.4, -0.2) is 18.1 Å². The zero-order chi connectivity index (χ0) is 11.8. The van der Waals surface area contributed by atoms with E-state index in [2.05, 4.69) is 23.7 Å². The van der Waals surface area contributed by atoms with E-state index in [1.54, 1.807) is 11.3 Å². The van der Waals surface area contributed by atoms with Crippen molar-refractivity contribution in [3.63, 3.8) is 0 Å². The van der Waals surface area contributed by atoms with E-state index in [4.69, 9.17) is 5.73 Å². The molecule has 2 rings (SSSR count). The number of hydrogen-bond donors (Lipinski definition) is 1. The van der Waals surface area contributed by atoms with Crippen molar-refractivity contribution in [1.82, 2.24) is 4.98 Å². The van der Waals surface area contributed by atoms with Gasteiger partial charge in [-0.1, -0.05) is 13.8 Å². The van der Waals surface area contributed by atoms with Gasteiger partial charge in [-0.3, -0.25) is 0 Å². The largest absolute Gasteiger partial charge is 0.348 e. The molecular formula is C12H21N3S. The molecule has 2 N–H and O–H groups in total. The van der Waals surface area contributed by atoms with Crippen LogP contribution in [0, 0.1) is 5.41 Å². The van der Waals surface area contributed by atoms with Gasteiger partial charge in [-0.15, -0.1) is 11.3 Å². The van der Waals surface area contributed by atoms with E-state index >= 15 is 0 Å². The quantitative estimate of drug-likeness (QED) is 0.863. The van der Waals surface area contributed by atoms with Crippen molar-refractivity contribution in [2.24, 2.45) is 11.1 Å². The fourth-order valence-electron chi connectivity index (χ4n) is 1.94. The van der Waals surface area contributed by atoms with Gasteiger partial charge in [0.2, 0.25) is 0 Å². The highest BCUT2D eigenvalue weighted by atomic mass is 32.1. The van der Waals surface area contributed by atoms with E-state index in [-0.39, 0.29) is 6.04 Å². The molecule has 3 nitrogen and oxygen atoms in total. The monoisotopic (exact) mass is 239 g/mol. The van der Waals surface area contributed by atoms with E-state index in [0.29, 0.717) is 5.41 Å². The second-order valence-corrected chi connectivity index (χ2v) is 6.53. The minimum Gasteiger partial charge on any atom is -0.348 e. The lowest BCUT2D eigenvalue weighted by atomic mass is 9.83. The topological polar surface area (TPSA) is 42.1 Å². The number of aromatic nitrogens is 1. The minimum atomic E-state index is 0.104. The van der Waals surface area contributed by atoms with Gasteiger partial charge >= 0.3 is 0 Å². The van der Waals surface area contributed by atoms with Crippen LogP contribution >= 0.6 is 11.3 Å². The first-order chi connectivity index (χ1) is 7.48. The number of anilines is 1. The summed E-state index contributed by atoms with van der Waals surface area (Å²) in [7, 11) is 0. The van der Waals surface area contributed by atoms with Crippen LogP contribution < -0.4 is 10.6 Å². The van der Waals surface area contributed by atoms with Gasteiger partial charge in [-0.05, 0) is 25.2 Å². The van der Waals surface area contributed by atoms with Crippen molar-refractivity contribution in [3.05, 3.63) is 11.1 Å². The Labute approximate surface area is 102 Å². The summed E-state index contributed by atoms with van der Waals surface area (Å²) in [6, 6.07) is 0.104. The highest BCUT2D eigenvalue weighted by molar-refractivity contribution is 7.15. The Morgan fingerprint density at radius 2 is 2.06 bits per heavy atom. The fraction of sp³-hybridized carbons (Fsp3) is 0.750. The molecule has 0 bridgehead atoms. The number of hydrogen-bond acceptors (Lipinski definition) is 4. The van der Waals surface area contributed by atoms with Crippen LogP contribution in [0.5, 0.6) is 0 Å². The fourth-order valence-corrected chi connectivity index (χ4v) is 2.86. The first-order valence-electron chi connectivity index (χ1n) is 5.94. The molecule has 1 saturated heterocycles. The van der Waals surface area contributed by atoms with Crippen LogP contribution in [0.1, 0.15) is 44.5 Å². The molecule has 16 heavy (non-hydrogen) atoms. The van der Waals surface area contributed by atoms with Crippen molar-refractivity contribution in [3.8, 4) is 0 Å². The van der Waals surface area contributed by atoms with Crippen molar-refractivity contribution in [2.45, 2.75) is 39.7 Å². The van der Waals surface area contributed by atoms with Gasteiger partial charge in [0.25, 0.3) is 0 Å². The third-order valence-corrected chi connectivity index (χ3v) is 4.61. The van der Waals surface area contributed by atoms with E-state index in [0.717, 1.165) is 18.2 Å². The summed E-state index contributed by atoms with van der Waals surface area (Å²) in [5.74, 6) is 0. The molecule has 1 aliphatic rings. The Morgan fingerprint density at radius 1 is 1.44 bits per heavy atom. The number of rotatable bonds is 2. The van der Waals surface area contributed by atoms with Gasteiger partial charge in [-0.2, -0.15) is 0 Å². The Bertz CT molecular complexity index is 347. The standard InChI is InChI=1S/C12H21N3S/c1-9(13)10-8-14-11(16-10)15-6-4-12(2,3)5-7-15/h8-9H,4-7,13H2,1-3H3. The van der Waals surface area contributed by atoms with Gasteiger partial charge < -0.3 is 10.6 Å². The normalized spacial score (nSPS) is 22.1. The molecule has 0 aliphatic carbocycles. The van der Waals surface area contributed by atoms with Crippen LogP contribution in [-0.2, 0) is 0 Å². The summed E-state index contributed by atoms with van der Waals surface area (Å²) < 4.78 is 0. The molecular weight excluding hydrogens is 218 g/mol. The molecule has 1 unspecified atom stereocenters. The van der Waals surface area contributed by atoms with E-state index in [1.807, 2.05) is 13.1 Å². The molecule has 0 amide bonds. The summed E-state index contributed by atoms with van der Waals surface area (Å²) in [4.78, 5) is 8.04. The van der Waals surface area contributed by atoms with Crippen molar-refractivity contribution in [1.29, 1.82) is 0 Å². The predicted octanol–water partition coefficient (Wildman–Crippen LogP) is 2.79. The van der Waals surface area contributed by atoms with Crippen molar-refractivity contribution >= 4 is 16.5 Å². The minimum absolute atomic E-state index is 0.104. The van der Waals surface area contributed by atoms with Crippen LogP contribution in [0.2, 0.25) is 0 Å². The van der Waals surface area contributed by atoms with E-state index in [1.165, 1.54) is 17.7 Å². The van der Waals surface area contributed by atoms with Crippen LogP contribution in [0.15, 0.2) is 6.20 Å². The molecule has 1 aromatic rings. The molecule has 0 aromatic carbocycles. The first-order valence-corrected chi connectivity index (χ1v) is 6.76. The van der Waals surface area contributed by atoms with Gasteiger partial charge in [0, 0.05) is 30.2 Å². The zero-order valence-corrected chi connectivity index (χ0v) is 11.2. The number of piperidine rings is 1. The number of nitrogens with zero attached hydrogens (tertiary/aromatic N) is 2. The maximum Gasteiger partial charge on any atom is 0.185 e. The molecule has 1 aromatic heterocycles. The van der Waals surface area contributed by atoms with Crippen LogP contribution in [0.25, 0.3) is 0 Å². The third-order valence-electron chi connectivity index (χ3n) is 3.35.